The van der Waals surface area contributed by atoms with E-state index in [0.717, 1.165) is 77.8 Å². The fourth-order valence-electron chi connectivity index (χ4n) is 7.81. The highest BCUT2D eigenvalue weighted by Crippen LogP contribution is 2.52. The first-order valence-corrected chi connectivity index (χ1v) is 17.5. The molecule has 0 unspecified atom stereocenters. The highest BCUT2D eigenvalue weighted by molar-refractivity contribution is 6.01. The molecule has 0 radical (unpaired) electrons. The predicted molar refractivity (Wildman–Crippen MR) is 212 cm³/mol. The predicted octanol–water partition coefficient (Wildman–Crippen LogP) is 11.4. The Labute approximate surface area is 308 Å². The number of hydrogen-bond acceptors (Lipinski definition) is 5. The summed E-state index contributed by atoms with van der Waals surface area (Å²) >= 11 is 0. The summed E-state index contributed by atoms with van der Waals surface area (Å²) < 4.78 is 0. The number of nitrogens with zero attached hydrogens (tertiary/aromatic N) is 5. The van der Waals surface area contributed by atoms with Crippen molar-refractivity contribution < 1.29 is 0 Å². The second-order valence-corrected chi connectivity index (χ2v) is 14.0. The van der Waals surface area contributed by atoms with E-state index in [1.807, 2.05) is 72.9 Å². The molecule has 0 saturated carbocycles. The van der Waals surface area contributed by atoms with Gasteiger partial charge in [-0.25, -0.2) is 9.97 Å². The van der Waals surface area contributed by atoms with E-state index in [1.54, 1.807) is 12.3 Å². The third-order valence-corrected chi connectivity index (χ3v) is 10.4. The molecule has 5 heteroatoms. The van der Waals surface area contributed by atoms with Crippen molar-refractivity contribution in [2.24, 2.45) is 0 Å². The average molecular weight is 678 g/mol. The molecule has 0 spiro atoms. The zero-order chi connectivity index (χ0) is 36.1. The summed E-state index contributed by atoms with van der Waals surface area (Å²) in [6, 6.07) is 52.1. The largest absolute Gasteiger partial charge is 0.264 e. The normalized spacial score (nSPS) is 12.5. The van der Waals surface area contributed by atoms with Gasteiger partial charge in [0.15, 0.2) is 5.82 Å². The van der Waals surface area contributed by atoms with E-state index in [0.29, 0.717) is 17.0 Å². The van der Waals surface area contributed by atoms with Crippen molar-refractivity contribution in [3.63, 3.8) is 0 Å². The molecule has 2 heterocycles. The Morgan fingerprint density at radius 2 is 1.17 bits per heavy atom. The van der Waals surface area contributed by atoms with E-state index in [1.165, 1.54) is 5.56 Å². The van der Waals surface area contributed by atoms with E-state index in [4.69, 9.17) is 9.97 Å². The van der Waals surface area contributed by atoms with Crippen molar-refractivity contribution in [1.82, 2.24) is 15.0 Å². The van der Waals surface area contributed by atoms with Gasteiger partial charge >= 0.3 is 0 Å². The van der Waals surface area contributed by atoms with Gasteiger partial charge in [0.2, 0.25) is 0 Å². The van der Waals surface area contributed by atoms with Crippen LogP contribution in [-0.4, -0.2) is 15.0 Å². The van der Waals surface area contributed by atoms with Gasteiger partial charge in [0.05, 0.1) is 34.7 Å². The summed E-state index contributed by atoms with van der Waals surface area (Å²) in [4.78, 5) is 14.6. The fraction of sp³-hybridized carbons (Fsp3) is 0.0625. The van der Waals surface area contributed by atoms with Gasteiger partial charge in [-0.3, -0.25) is 4.98 Å². The van der Waals surface area contributed by atoms with Gasteiger partial charge in [-0.2, -0.15) is 10.5 Å². The second-order valence-electron chi connectivity index (χ2n) is 14.0. The van der Waals surface area contributed by atoms with E-state index >= 15 is 0 Å². The van der Waals surface area contributed by atoms with Crippen molar-refractivity contribution in [3.05, 3.63) is 174 Å². The van der Waals surface area contributed by atoms with Crippen molar-refractivity contribution >= 4 is 10.8 Å². The van der Waals surface area contributed by atoms with E-state index in [2.05, 4.69) is 97.7 Å². The maximum absolute atomic E-state index is 9.95. The molecule has 0 aliphatic heterocycles. The zero-order valence-electron chi connectivity index (χ0n) is 29.2. The number of nitriles is 2. The first-order chi connectivity index (χ1) is 25.9. The lowest BCUT2D eigenvalue weighted by Gasteiger charge is -2.24. The van der Waals surface area contributed by atoms with Gasteiger partial charge in [-0.1, -0.05) is 105 Å². The maximum atomic E-state index is 9.95. The van der Waals surface area contributed by atoms with Gasteiger partial charge in [0, 0.05) is 40.1 Å². The number of aromatic nitrogens is 3. The first-order valence-electron chi connectivity index (χ1n) is 17.5. The monoisotopic (exact) mass is 677 g/mol. The molecule has 0 atom stereocenters. The lowest BCUT2D eigenvalue weighted by Crippen LogP contribution is -2.15. The third kappa shape index (κ3) is 5.44. The molecule has 0 bridgehead atoms. The van der Waals surface area contributed by atoms with Gasteiger partial charge in [-0.05, 0) is 98.2 Å². The van der Waals surface area contributed by atoms with Gasteiger partial charge < -0.3 is 0 Å². The molecule has 53 heavy (non-hydrogen) atoms. The van der Waals surface area contributed by atoms with Crippen LogP contribution in [0.5, 0.6) is 0 Å². The topological polar surface area (TPSA) is 86.2 Å². The number of benzene rings is 6. The Hall–Kier alpha value is -7.21. The summed E-state index contributed by atoms with van der Waals surface area (Å²) in [5, 5.41) is 21.6. The van der Waals surface area contributed by atoms with Crippen LogP contribution in [-0.2, 0) is 5.41 Å². The molecular weight excluding hydrogens is 647 g/mol. The molecule has 0 amide bonds. The molecule has 0 fully saturated rings. The van der Waals surface area contributed by atoms with Crippen molar-refractivity contribution in [3.8, 4) is 79.4 Å². The highest BCUT2D eigenvalue weighted by Gasteiger charge is 2.37. The standard InChI is InChI=1S/C48H31N5/c1-48(2)43-25-33(15-16-40(43)41-18-17-39-38(28-50)20-30(27-49)21-42(39)46(41)48)35-22-36(34-14-9-19-51-29-34)24-37(23-35)45-26-44(31-10-5-3-6-11-31)52-47(53-45)32-12-7-4-8-13-32/h3-26,29H,1-2H3. The number of hydrogen-bond donors (Lipinski definition) is 0. The van der Waals surface area contributed by atoms with E-state index in [-0.39, 0.29) is 5.41 Å². The SMILES string of the molecule is CC1(C)c2cc(-c3cc(-c4cccnc4)cc(-c4cc(-c5ccccc5)nc(-c5ccccc5)n4)c3)ccc2-c2ccc3c(C#N)cc(C#N)cc3c21. The smallest absolute Gasteiger partial charge is 0.160 e. The summed E-state index contributed by atoms with van der Waals surface area (Å²) in [6.45, 7) is 4.47. The molecule has 9 rings (SSSR count). The minimum atomic E-state index is -0.382. The summed E-state index contributed by atoms with van der Waals surface area (Å²) in [5.74, 6) is 0.665. The third-order valence-electron chi connectivity index (χ3n) is 10.4. The average Bonchev–Trinajstić information content (AvgIpc) is 3.46. The van der Waals surface area contributed by atoms with Crippen LogP contribution in [0.4, 0.5) is 0 Å². The van der Waals surface area contributed by atoms with Gasteiger partial charge in [0.25, 0.3) is 0 Å². The van der Waals surface area contributed by atoms with Crippen molar-refractivity contribution in [1.29, 1.82) is 10.5 Å². The van der Waals surface area contributed by atoms with Crippen LogP contribution in [0.3, 0.4) is 0 Å². The lowest BCUT2D eigenvalue weighted by molar-refractivity contribution is 0.666. The van der Waals surface area contributed by atoms with Crippen LogP contribution in [0.2, 0.25) is 0 Å². The molecule has 6 aromatic carbocycles. The molecule has 5 nitrogen and oxygen atoms in total. The first kappa shape index (κ1) is 31.7. The Morgan fingerprint density at radius 3 is 1.87 bits per heavy atom. The molecular formula is C48H31N5. The van der Waals surface area contributed by atoms with Crippen LogP contribution in [0.25, 0.3) is 78.1 Å². The molecule has 1 aliphatic carbocycles. The fourth-order valence-corrected chi connectivity index (χ4v) is 7.81. The number of pyridine rings is 1. The Bertz CT molecular complexity index is 2750. The summed E-state index contributed by atoms with van der Waals surface area (Å²) in [7, 11) is 0. The van der Waals surface area contributed by atoms with E-state index < -0.39 is 0 Å². The second kappa shape index (κ2) is 12.5. The minimum Gasteiger partial charge on any atom is -0.264 e. The van der Waals surface area contributed by atoms with E-state index in [9.17, 15) is 10.5 Å². The summed E-state index contributed by atoms with van der Waals surface area (Å²) in [6.07, 6.45) is 3.69. The highest BCUT2D eigenvalue weighted by atomic mass is 14.9. The molecule has 0 N–H and O–H groups in total. The zero-order valence-corrected chi connectivity index (χ0v) is 29.2. The molecule has 8 aromatic rings. The Kier molecular flexibility index (Phi) is 7.51. The molecule has 0 saturated heterocycles. The number of fused-ring (bicyclic) bond motifs is 5. The van der Waals surface area contributed by atoms with Crippen LogP contribution < -0.4 is 0 Å². The minimum absolute atomic E-state index is 0.382. The van der Waals surface area contributed by atoms with Crippen LogP contribution in [0.15, 0.2) is 152 Å². The lowest BCUT2D eigenvalue weighted by atomic mass is 9.79. The van der Waals surface area contributed by atoms with Crippen LogP contribution in [0, 0.1) is 22.7 Å². The Balaban J connectivity index is 1.23. The molecule has 248 valence electrons. The van der Waals surface area contributed by atoms with Crippen molar-refractivity contribution in [2.45, 2.75) is 19.3 Å². The van der Waals surface area contributed by atoms with Crippen LogP contribution >= 0.6 is 0 Å². The number of rotatable bonds is 5. The molecule has 1 aliphatic rings. The molecule has 2 aromatic heterocycles. The van der Waals surface area contributed by atoms with Crippen LogP contribution in [0.1, 0.15) is 36.1 Å². The van der Waals surface area contributed by atoms with Gasteiger partial charge in [-0.15, -0.1) is 0 Å². The maximum Gasteiger partial charge on any atom is 0.160 e. The van der Waals surface area contributed by atoms with Gasteiger partial charge in [0.1, 0.15) is 0 Å². The summed E-state index contributed by atoms with van der Waals surface area (Å²) in [5.41, 5.74) is 14.1. The quantitative estimate of drug-likeness (QED) is 0.181. The van der Waals surface area contributed by atoms with Crippen molar-refractivity contribution in [2.75, 3.05) is 0 Å². The Morgan fingerprint density at radius 1 is 0.509 bits per heavy atom.